The molecule has 128 valence electrons. The highest BCUT2D eigenvalue weighted by atomic mass is 16.5. The summed E-state index contributed by atoms with van der Waals surface area (Å²) >= 11 is 0. The summed E-state index contributed by atoms with van der Waals surface area (Å²) in [5.41, 5.74) is 0.213. The van der Waals surface area contributed by atoms with Crippen molar-refractivity contribution in [1.82, 2.24) is 15.1 Å². The van der Waals surface area contributed by atoms with Gasteiger partial charge in [-0.3, -0.25) is 14.7 Å². The molecule has 7 nitrogen and oxygen atoms in total. The zero-order chi connectivity index (χ0) is 16.7. The monoisotopic (exact) mass is 323 g/mol. The maximum atomic E-state index is 12.4. The lowest BCUT2D eigenvalue weighted by Gasteiger charge is -2.40. The average molecular weight is 323 g/mol. The van der Waals surface area contributed by atoms with E-state index < -0.39 is 11.4 Å². The number of aromatic amines is 1. The van der Waals surface area contributed by atoms with Crippen LogP contribution in [0.3, 0.4) is 0 Å². The van der Waals surface area contributed by atoms with Crippen molar-refractivity contribution in [3.8, 4) is 0 Å². The summed E-state index contributed by atoms with van der Waals surface area (Å²) in [7, 11) is 1.57. The molecule has 0 bridgehead atoms. The van der Waals surface area contributed by atoms with Gasteiger partial charge in [-0.15, -0.1) is 0 Å². The van der Waals surface area contributed by atoms with Crippen molar-refractivity contribution in [2.24, 2.45) is 5.41 Å². The van der Waals surface area contributed by atoms with Crippen LogP contribution in [-0.4, -0.2) is 58.9 Å². The SMILES string of the molecule is COCC[C@]1(C(=O)O)CCCN(C(=O)CCCc2cn[nH]c2)C1. The number of aryl methyl sites for hydroxylation is 1. The van der Waals surface area contributed by atoms with E-state index in [0.717, 1.165) is 24.8 Å². The molecule has 0 aromatic carbocycles. The molecular formula is C16H25N3O4. The number of aliphatic carboxylic acids is 1. The number of carboxylic acid groups (broad SMARTS) is 1. The number of hydrogen-bond acceptors (Lipinski definition) is 4. The summed E-state index contributed by atoms with van der Waals surface area (Å²) in [6.45, 7) is 1.33. The third kappa shape index (κ3) is 4.54. The molecule has 1 aromatic rings. The first-order valence-electron chi connectivity index (χ1n) is 8.05. The molecule has 1 saturated heterocycles. The molecule has 0 radical (unpaired) electrons. The van der Waals surface area contributed by atoms with E-state index in [4.69, 9.17) is 4.74 Å². The van der Waals surface area contributed by atoms with E-state index in [1.807, 2.05) is 6.20 Å². The Kier molecular flexibility index (Phi) is 6.15. The first kappa shape index (κ1) is 17.5. The lowest BCUT2D eigenvalue weighted by atomic mass is 9.77. The van der Waals surface area contributed by atoms with Crippen LogP contribution in [0.25, 0.3) is 0 Å². The van der Waals surface area contributed by atoms with Crippen LogP contribution in [0.15, 0.2) is 12.4 Å². The van der Waals surface area contributed by atoms with Crippen molar-refractivity contribution >= 4 is 11.9 Å². The Bertz CT molecular complexity index is 517. The molecule has 1 fully saturated rings. The van der Waals surface area contributed by atoms with E-state index in [-0.39, 0.29) is 12.5 Å². The van der Waals surface area contributed by atoms with Crippen molar-refractivity contribution in [3.63, 3.8) is 0 Å². The molecule has 2 N–H and O–H groups in total. The minimum absolute atomic E-state index is 0.0382. The normalized spacial score (nSPS) is 21.3. The summed E-state index contributed by atoms with van der Waals surface area (Å²) in [6.07, 6.45) is 7.32. The Labute approximate surface area is 136 Å². The fraction of sp³-hybridized carbons (Fsp3) is 0.688. The predicted octanol–water partition coefficient (Wildman–Crippen LogP) is 1.46. The summed E-state index contributed by atoms with van der Waals surface area (Å²) in [5.74, 6) is -0.790. The minimum Gasteiger partial charge on any atom is -0.481 e. The topological polar surface area (TPSA) is 95.5 Å². The van der Waals surface area contributed by atoms with E-state index >= 15 is 0 Å². The van der Waals surface area contributed by atoms with Crippen LogP contribution in [0.5, 0.6) is 0 Å². The van der Waals surface area contributed by atoms with Gasteiger partial charge in [0.1, 0.15) is 0 Å². The maximum absolute atomic E-state index is 12.4. The van der Waals surface area contributed by atoms with Gasteiger partial charge in [0.2, 0.25) is 5.91 Å². The number of hydrogen-bond donors (Lipinski definition) is 2. The molecule has 1 atom stereocenters. The van der Waals surface area contributed by atoms with E-state index in [9.17, 15) is 14.7 Å². The summed E-state index contributed by atoms with van der Waals surface area (Å²) < 4.78 is 5.05. The summed E-state index contributed by atoms with van der Waals surface area (Å²) in [4.78, 5) is 25.8. The van der Waals surface area contributed by atoms with Crippen LogP contribution in [0.4, 0.5) is 0 Å². The van der Waals surface area contributed by atoms with Crippen LogP contribution in [-0.2, 0) is 20.7 Å². The van der Waals surface area contributed by atoms with Gasteiger partial charge in [-0.05, 0) is 37.7 Å². The number of carboxylic acids is 1. The lowest BCUT2D eigenvalue weighted by Crippen LogP contribution is -2.50. The minimum atomic E-state index is -0.867. The standard InChI is InChI=1S/C16H25N3O4/c1-23-9-7-16(15(21)22)6-3-8-19(12-16)14(20)5-2-4-13-10-17-18-11-13/h10-11H,2-9,12H2,1H3,(H,17,18)(H,21,22)/t16-/m1/s1. The van der Waals surface area contributed by atoms with Gasteiger partial charge in [0.15, 0.2) is 0 Å². The Morgan fingerprint density at radius 3 is 3.00 bits per heavy atom. The van der Waals surface area contributed by atoms with Crippen LogP contribution in [0, 0.1) is 5.41 Å². The summed E-state index contributed by atoms with van der Waals surface area (Å²) in [6, 6.07) is 0. The molecule has 0 saturated carbocycles. The molecule has 2 heterocycles. The van der Waals surface area contributed by atoms with Crippen molar-refractivity contribution in [3.05, 3.63) is 18.0 Å². The van der Waals surface area contributed by atoms with E-state index in [1.165, 1.54) is 0 Å². The molecule has 1 amide bonds. The van der Waals surface area contributed by atoms with Crippen molar-refractivity contribution < 1.29 is 19.4 Å². The highest BCUT2D eigenvalue weighted by Gasteiger charge is 2.43. The molecule has 1 aliphatic heterocycles. The molecular weight excluding hydrogens is 298 g/mol. The Balaban J connectivity index is 1.88. The first-order valence-corrected chi connectivity index (χ1v) is 8.05. The number of piperidine rings is 1. The number of rotatable bonds is 8. The van der Waals surface area contributed by atoms with Gasteiger partial charge in [-0.1, -0.05) is 0 Å². The number of carbonyl (C=O) groups excluding carboxylic acids is 1. The Morgan fingerprint density at radius 1 is 1.52 bits per heavy atom. The van der Waals surface area contributed by atoms with Gasteiger partial charge in [0, 0.05) is 39.4 Å². The van der Waals surface area contributed by atoms with Gasteiger partial charge < -0.3 is 14.7 Å². The molecule has 0 aliphatic carbocycles. The van der Waals surface area contributed by atoms with Crippen molar-refractivity contribution in [2.45, 2.75) is 38.5 Å². The quantitative estimate of drug-likeness (QED) is 0.755. The molecule has 2 rings (SSSR count). The fourth-order valence-electron chi connectivity index (χ4n) is 3.14. The second-order valence-corrected chi connectivity index (χ2v) is 6.21. The first-order chi connectivity index (χ1) is 11.1. The number of nitrogens with one attached hydrogen (secondary N) is 1. The van der Waals surface area contributed by atoms with Gasteiger partial charge in [0.25, 0.3) is 0 Å². The number of amides is 1. The predicted molar refractivity (Wildman–Crippen MR) is 83.9 cm³/mol. The van der Waals surface area contributed by atoms with Gasteiger partial charge in [0.05, 0.1) is 11.6 Å². The summed E-state index contributed by atoms with van der Waals surface area (Å²) in [5, 5.41) is 16.2. The number of aromatic nitrogens is 2. The molecule has 7 heteroatoms. The Morgan fingerprint density at radius 2 is 2.35 bits per heavy atom. The number of likely N-dealkylation sites (tertiary alicyclic amines) is 1. The van der Waals surface area contributed by atoms with Crippen LogP contribution in [0.2, 0.25) is 0 Å². The average Bonchev–Trinajstić information content (AvgIpc) is 3.06. The highest BCUT2D eigenvalue weighted by Crippen LogP contribution is 2.34. The zero-order valence-corrected chi connectivity index (χ0v) is 13.6. The number of methoxy groups -OCH3 is 1. The van der Waals surface area contributed by atoms with E-state index in [0.29, 0.717) is 32.4 Å². The molecule has 23 heavy (non-hydrogen) atoms. The third-order valence-electron chi connectivity index (χ3n) is 4.58. The molecule has 0 unspecified atom stereocenters. The smallest absolute Gasteiger partial charge is 0.311 e. The van der Waals surface area contributed by atoms with Gasteiger partial charge in [-0.2, -0.15) is 5.10 Å². The number of ether oxygens (including phenoxy) is 1. The zero-order valence-electron chi connectivity index (χ0n) is 13.6. The second kappa shape index (κ2) is 8.10. The Hall–Kier alpha value is -1.89. The van der Waals surface area contributed by atoms with Gasteiger partial charge >= 0.3 is 5.97 Å². The third-order valence-corrected chi connectivity index (χ3v) is 4.58. The van der Waals surface area contributed by atoms with E-state index in [1.54, 1.807) is 18.2 Å². The van der Waals surface area contributed by atoms with Crippen LogP contribution in [0.1, 0.15) is 37.7 Å². The lowest BCUT2D eigenvalue weighted by molar-refractivity contribution is -0.156. The number of nitrogens with zero attached hydrogens (tertiary/aromatic N) is 2. The fourth-order valence-corrected chi connectivity index (χ4v) is 3.14. The van der Waals surface area contributed by atoms with Crippen LogP contribution >= 0.6 is 0 Å². The van der Waals surface area contributed by atoms with Crippen molar-refractivity contribution in [1.29, 1.82) is 0 Å². The van der Waals surface area contributed by atoms with E-state index in [2.05, 4.69) is 10.2 Å². The number of H-pyrrole nitrogens is 1. The second-order valence-electron chi connectivity index (χ2n) is 6.21. The molecule has 1 aliphatic rings. The van der Waals surface area contributed by atoms with Gasteiger partial charge in [-0.25, -0.2) is 0 Å². The number of carbonyl (C=O) groups is 2. The molecule has 0 spiro atoms. The van der Waals surface area contributed by atoms with Crippen molar-refractivity contribution in [2.75, 3.05) is 26.8 Å². The molecule has 1 aromatic heterocycles. The maximum Gasteiger partial charge on any atom is 0.311 e. The highest BCUT2D eigenvalue weighted by molar-refractivity contribution is 5.79. The largest absolute Gasteiger partial charge is 0.481 e. The van der Waals surface area contributed by atoms with Crippen LogP contribution < -0.4 is 0 Å².